The minimum atomic E-state index is -1.53. The van der Waals surface area contributed by atoms with Gasteiger partial charge in [-0.25, -0.2) is 0 Å². The summed E-state index contributed by atoms with van der Waals surface area (Å²) in [7, 11) is 0. The van der Waals surface area contributed by atoms with Crippen LogP contribution in [0.5, 0.6) is 0 Å². The van der Waals surface area contributed by atoms with E-state index in [9.17, 15) is 0 Å². The molecule has 0 radical (unpaired) electrons. The van der Waals surface area contributed by atoms with Crippen LogP contribution in [0.2, 0.25) is 0 Å². The average molecular weight is 266 g/mol. The van der Waals surface area contributed by atoms with E-state index in [-0.39, 0.29) is 0 Å². The normalized spacial score (nSPS) is 24.8. The molecule has 0 spiro atoms. The molecule has 0 aromatic heterocycles. The van der Waals surface area contributed by atoms with E-state index in [1.54, 1.807) is 0 Å². The van der Waals surface area contributed by atoms with Gasteiger partial charge in [-0.05, 0) is 42.6 Å². The third-order valence-electron chi connectivity index (χ3n) is 2.94. The maximum atomic E-state index is 5.87. The first-order valence-corrected chi connectivity index (χ1v) is 9.91. The van der Waals surface area contributed by atoms with E-state index in [1.807, 2.05) is 11.4 Å². The Bertz CT molecular complexity index is 512. The van der Waals surface area contributed by atoms with Crippen molar-refractivity contribution in [3.63, 3.8) is 0 Å². The van der Waals surface area contributed by atoms with Crippen LogP contribution in [-0.2, 0) is 11.8 Å². The molecule has 0 saturated heterocycles. The fourth-order valence-electron chi connectivity index (χ4n) is 1.97. The Kier molecular flexibility index (Phi) is 3.44. The number of benzene rings is 1. The van der Waals surface area contributed by atoms with Crippen molar-refractivity contribution in [2.75, 3.05) is 6.26 Å². The molecule has 1 aliphatic rings. The highest BCUT2D eigenvalue weighted by Gasteiger charge is 2.28. The third kappa shape index (κ3) is 1.95. The van der Waals surface area contributed by atoms with Gasteiger partial charge in [0.25, 0.3) is 0 Å². The highest BCUT2D eigenvalue weighted by molar-refractivity contribution is 8.74. The molecule has 1 aromatic rings. The smallest absolute Gasteiger partial charge is 0.0552 e. The summed E-state index contributed by atoms with van der Waals surface area (Å²) in [5, 5.41) is -0.131. The third-order valence-corrected chi connectivity index (χ3v) is 10.1. The van der Waals surface area contributed by atoms with E-state index in [4.69, 9.17) is 11.8 Å². The quantitative estimate of drug-likeness (QED) is 0.684. The molecular weight excluding hydrogens is 251 g/mol. The van der Waals surface area contributed by atoms with Gasteiger partial charge in [-0.15, -0.1) is 11.4 Å². The summed E-state index contributed by atoms with van der Waals surface area (Å²) in [6.07, 6.45) is 2.13. The van der Waals surface area contributed by atoms with Crippen LogP contribution in [0.4, 0.5) is 0 Å². The van der Waals surface area contributed by atoms with E-state index in [0.29, 0.717) is 0 Å². The number of allylic oxidation sites excluding steroid dienone is 2. The summed E-state index contributed by atoms with van der Waals surface area (Å²) < 4.78 is 0. The summed E-state index contributed by atoms with van der Waals surface area (Å²) in [5.41, 5.74) is 4.03. The van der Waals surface area contributed by atoms with E-state index in [1.165, 1.54) is 22.0 Å². The molecule has 1 unspecified atom stereocenters. The van der Waals surface area contributed by atoms with Crippen molar-refractivity contribution in [3.05, 3.63) is 52.9 Å². The maximum Gasteiger partial charge on any atom is 0.0552 e. The first-order chi connectivity index (χ1) is 7.58. The minimum Gasteiger partial charge on any atom is -0.119 e. The lowest BCUT2D eigenvalue weighted by molar-refractivity contribution is 1.38. The van der Waals surface area contributed by atoms with Gasteiger partial charge in [0.2, 0.25) is 0 Å². The lowest BCUT2D eigenvalue weighted by atomic mass is 10.1. The molecule has 2 rings (SSSR count). The van der Waals surface area contributed by atoms with Gasteiger partial charge in [0, 0.05) is 5.31 Å². The van der Waals surface area contributed by atoms with Gasteiger partial charge >= 0.3 is 0 Å². The molecule has 84 valence electrons. The van der Waals surface area contributed by atoms with Crippen molar-refractivity contribution in [1.29, 1.82) is 0 Å². The van der Waals surface area contributed by atoms with Crippen LogP contribution in [0.3, 0.4) is 0 Å². The van der Waals surface area contributed by atoms with Crippen LogP contribution in [-0.4, -0.2) is 6.26 Å². The first-order valence-electron chi connectivity index (χ1n) is 5.20. The number of hydrogen-bond donors (Lipinski definition) is 0. The molecule has 1 aliphatic heterocycles. The molecule has 16 heavy (non-hydrogen) atoms. The van der Waals surface area contributed by atoms with E-state index in [0.717, 1.165) is 0 Å². The molecule has 0 aliphatic carbocycles. The largest absolute Gasteiger partial charge is 0.119 e. The van der Waals surface area contributed by atoms with Crippen molar-refractivity contribution >= 4 is 33.7 Å². The van der Waals surface area contributed by atoms with Crippen molar-refractivity contribution in [2.24, 2.45) is 0 Å². The van der Waals surface area contributed by atoms with Crippen molar-refractivity contribution in [3.8, 4) is 0 Å². The molecule has 0 saturated carbocycles. The van der Waals surface area contributed by atoms with Gasteiger partial charge < -0.3 is 0 Å². The Labute approximate surface area is 107 Å². The van der Waals surface area contributed by atoms with Crippen molar-refractivity contribution in [2.45, 2.75) is 13.8 Å². The Morgan fingerprint density at radius 3 is 2.31 bits per heavy atom. The molecule has 1 heterocycles. The monoisotopic (exact) mass is 266 g/mol. The topological polar surface area (TPSA) is 0 Å². The SMILES string of the molecule is CSP1(=S)C=C(C)C(C)=C1c1ccccc1. The maximum absolute atomic E-state index is 5.87. The van der Waals surface area contributed by atoms with Crippen LogP contribution in [0.25, 0.3) is 5.31 Å². The zero-order chi connectivity index (χ0) is 11.8. The molecule has 0 bridgehead atoms. The second-order valence-electron chi connectivity index (χ2n) is 3.93. The lowest BCUT2D eigenvalue weighted by Crippen LogP contribution is -1.83. The van der Waals surface area contributed by atoms with Crippen LogP contribution >= 0.6 is 16.6 Å². The van der Waals surface area contributed by atoms with Crippen LogP contribution in [0.1, 0.15) is 19.4 Å². The van der Waals surface area contributed by atoms with Crippen molar-refractivity contribution < 1.29 is 0 Å². The van der Waals surface area contributed by atoms with Gasteiger partial charge in [-0.2, -0.15) is 0 Å². The minimum absolute atomic E-state index is 1.30. The summed E-state index contributed by atoms with van der Waals surface area (Å²) in [6.45, 7) is 4.36. The van der Waals surface area contributed by atoms with Gasteiger partial charge in [0.1, 0.15) is 0 Å². The Hall–Kier alpha value is -0.300. The van der Waals surface area contributed by atoms with Crippen molar-refractivity contribution in [1.82, 2.24) is 0 Å². The Balaban J connectivity index is 2.61. The molecular formula is C13H15PS2. The van der Waals surface area contributed by atoms with Gasteiger partial charge in [0.15, 0.2) is 0 Å². The Morgan fingerprint density at radius 2 is 1.75 bits per heavy atom. The van der Waals surface area contributed by atoms with E-state index < -0.39 is 5.24 Å². The number of hydrogen-bond acceptors (Lipinski definition) is 2. The fraction of sp³-hybridized carbons (Fsp3) is 0.231. The molecule has 0 amide bonds. The second-order valence-corrected chi connectivity index (χ2v) is 11.4. The van der Waals surface area contributed by atoms with E-state index >= 15 is 0 Å². The zero-order valence-electron chi connectivity index (χ0n) is 9.73. The standard InChI is InChI=1S/C13H15PS2/c1-10-9-14(15,16-3)13(11(10)2)12-7-5-4-6-8-12/h4-9H,1-3H3. The highest BCUT2D eigenvalue weighted by atomic mass is 32.9. The van der Waals surface area contributed by atoms with Crippen LogP contribution < -0.4 is 0 Å². The summed E-state index contributed by atoms with van der Waals surface area (Å²) in [4.78, 5) is 0. The summed E-state index contributed by atoms with van der Waals surface area (Å²) >= 11 is 7.70. The van der Waals surface area contributed by atoms with Gasteiger partial charge in [-0.3, -0.25) is 0 Å². The molecule has 0 N–H and O–H groups in total. The van der Waals surface area contributed by atoms with Crippen LogP contribution in [0, 0.1) is 0 Å². The van der Waals surface area contributed by atoms with Crippen LogP contribution in [0.15, 0.2) is 47.3 Å². The number of rotatable bonds is 2. The average Bonchev–Trinajstić information content (AvgIpc) is 2.52. The first kappa shape index (κ1) is 12.2. The molecule has 3 heteroatoms. The van der Waals surface area contributed by atoms with Gasteiger partial charge in [-0.1, -0.05) is 42.1 Å². The predicted octanol–water partition coefficient (Wildman–Crippen LogP) is 5.09. The molecule has 1 atom stereocenters. The van der Waals surface area contributed by atoms with Gasteiger partial charge in [0.05, 0.1) is 5.24 Å². The Morgan fingerprint density at radius 1 is 1.12 bits per heavy atom. The molecule has 0 fully saturated rings. The molecule has 0 nitrogen and oxygen atoms in total. The summed E-state index contributed by atoms with van der Waals surface area (Å²) in [6, 6.07) is 10.6. The fourth-order valence-corrected chi connectivity index (χ4v) is 7.51. The summed E-state index contributed by atoms with van der Waals surface area (Å²) in [5.74, 6) is 2.31. The molecule has 1 aromatic carbocycles. The lowest BCUT2D eigenvalue weighted by Gasteiger charge is -2.17. The van der Waals surface area contributed by atoms with E-state index in [2.05, 4.69) is 56.3 Å². The predicted molar refractivity (Wildman–Crippen MR) is 80.6 cm³/mol. The second kappa shape index (κ2) is 4.52. The highest BCUT2D eigenvalue weighted by Crippen LogP contribution is 2.73. The zero-order valence-corrected chi connectivity index (χ0v) is 12.3.